The van der Waals surface area contributed by atoms with Crippen LogP contribution in [0.4, 0.5) is 10.2 Å². The molecule has 0 aliphatic carbocycles. The third-order valence-corrected chi connectivity index (χ3v) is 5.10. The molecule has 28 heavy (non-hydrogen) atoms. The predicted molar refractivity (Wildman–Crippen MR) is 102 cm³/mol. The lowest BCUT2D eigenvalue weighted by molar-refractivity contribution is -0.125. The standard InChI is InChI=1S/C20H22FN5O2/c1-12-17-18(23-13(2)24-20(17)28-25-12)26-9-5-7-15(11-26)19(27)22-10-14-6-3-4-8-16(14)21/h3-4,6,8,15H,5,7,9-11H2,1-2H3,(H,22,27). The fraction of sp³-hybridized carbons (Fsp3) is 0.400. The second-order valence-corrected chi connectivity index (χ2v) is 7.14. The highest BCUT2D eigenvalue weighted by Crippen LogP contribution is 2.30. The summed E-state index contributed by atoms with van der Waals surface area (Å²) in [6.07, 6.45) is 1.65. The number of rotatable bonds is 4. The zero-order valence-electron chi connectivity index (χ0n) is 15.9. The number of aromatic nitrogens is 3. The molecule has 0 saturated carbocycles. The maximum absolute atomic E-state index is 13.8. The van der Waals surface area contributed by atoms with E-state index in [0.717, 1.165) is 36.3 Å². The zero-order valence-corrected chi connectivity index (χ0v) is 15.9. The first-order chi connectivity index (χ1) is 13.5. The number of hydrogen-bond acceptors (Lipinski definition) is 6. The van der Waals surface area contributed by atoms with Crippen molar-refractivity contribution in [3.05, 3.63) is 47.2 Å². The van der Waals surface area contributed by atoms with Crippen molar-refractivity contribution in [2.45, 2.75) is 33.2 Å². The quantitative estimate of drug-likeness (QED) is 0.746. The van der Waals surface area contributed by atoms with E-state index in [1.165, 1.54) is 6.07 Å². The normalized spacial score (nSPS) is 17.1. The third-order valence-electron chi connectivity index (χ3n) is 5.10. The van der Waals surface area contributed by atoms with Gasteiger partial charge in [0.2, 0.25) is 5.91 Å². The first kappa shape index (κ1) is 18.3. The maximum Gasteiger partial charge on any atom is 0.263 e. The number of halogens is 1. The van der Waals surface area contributed by atoms with Gasteiger partial charge in [0.05, 0.1) is 11.6 Å². The average molecular weight is 383 g/mol. The molecule has 0 radical (unpaired) electrons. The summed E-state index contributed by atoms with van der Waals surface area (Å²) < 4.78 is 19.1. The van der Waals surface area contributed by atoms with E-state index in [0.29, 0.717) is 23.6 Å². The number of benzene rings is 1. The summed E-state index contributed by atoms with van der Waals surface area (Å²) in [6, 6.07) is 6.47. The van der Waals surface area contributed by atoms with Gasteiger partial charge in [0.25, 0.3) is 5.71 Å². The fourth-order valence-electron chi connectivity index (χ4n) is 3.65. The molecule has 1 amide bonds. The molecule has 2 aromatic heterocycles. The smallest absolute Gasteiger partial charge is 0.263 e. The van der Waals surface area contributed by atoms with E-state index in [1.54, 1.807) is 18.2 Å². The Balaban J connectivity index is 1.50. The Morgan fingerprint density at radius 2 is 2.14 bits per heavy atom. The van der Waals surface area contributed by atoms with Gasteiger partial charge >= 0.3 is 0 Å². The van der Waals surface area contributed by atoms with Gasteiger partial charge in [-0.1, -0.05) is 23.4 Å². The Morgan fingerprint density at radius 1 is 1.32 bits per heavy atom. The minimum Gasteiger partial charge on any atom is -0.355 e. The molecule has 3 aromatic rings. The molecule has 4 rings (SSSR count). The number of carbonyl (C=O) groups excluding carboxylic acids is 1. The summed E-state index contributed by atoms with van der Waals surface area (Å²) in [5.41, 5.74) is 1.68. The van der Waals surface area contributed by atoms with E-state index in [1.807, 2.05) is 13.8 Å². The molecule has 1 aliphatic rings. The Bertz CT molecular complexity index is 1020. The number of fused-ring (bicyclic) bond motifs is 1. The van der Waals surface area contributed by atoms with E-state index >= 15 is 0 Å². The van der Waals surface area contributed by atoms with Crippen LogP contribution < -0.4 is 10.2 Å². The van der Waals surface area contributed by atoms with E-state index in [2.05, 4.69) is 25.3 Å². The summed E-state index contributed by atoms with van der Waals surface area (Å²) in [4.78, 5) is 23.7. The lowest BCUT2D eigenvalue weighted by Crippen LogP contribution is -2.43. The molecule has 1 aliphatic heterocycles. The molecule has 0 spiro atoms. The van der Waals surface area contributed by atoms with Crippen LogP contribution in [0, 0.1) is 25.6 Å². The number of carbonyl (C=O) groups is 1. The van der Waals surface area contributed by atoms with E-state index in [-0.39, 0.29) is 24.2 Å². The monoisotopic (exact) mass is 383 g/mol. The minimum absolute atomic E-state index is 0.0722. The van der Waals surface area contributed by atoms with Gasteiger partial charge in [-0.15, -0.1) is 0 Å². The van der Waals surface area contributed by atoms with Gasteiger partial charge < -0.3 is 14.7 Å². The molecular formula is C20H22FN5O2. The van der Waals surface area contributed by atoms with Crippen LogP contribution in [0.3, 0.4) is 0 Å². The average Bonchev–Trinajstić information content (AvgIpc) is 3.07. The van der Waals surface area contributed by atoms with Crippen molar-refractivity contribution in [1.82, 2.24) is 20.4 Å². The SMILES string of the molecule is Cc1nc(N2CCCC(C(=O)NCc3ccccc3F)C2)c2c(C)noc2n1. The lowest BCUT2D eigenvalue weighted by atomic mass is 9.96. The first-order valence-corrected chi connectivity index (χ1v) is 9.39. The highest BCUT2D eigenvalue weighted by atomic mass is 19.1. The Kier molecular flexibility index (Phi) is 4.93. The second kappa shape index (κ2) is 7.53. The molecule has 1 fully saturated rings. The Morgan fingerprint density at radius 3 is 2.96 bits per heavy atom. The molecule has 0 bridgehead atoms. The van der Waals surface area contributed by atoms with Gasteiger partial charge in [-0.3, -0.25) is 4.79 Å². The van der Waals surface area contributed by atoms with Gasteiger partial charge in [0, 0.05) is 25.2 Å². The lowest BCUT2D eigenvalue weighted by Gasteiger charge is -2.33. The topological polar surface area (TPSA) is 84.2 Å². The number of amides is 1. The van der Waals surface area contributed by atoms with Gasteiger partial charge in [-0.25, -0.2) is 9.37 Å². The number of nitrogens with one attached hydrogen (secondary N) is 1. The van der Waals surface area contributed by atoms with E-state index in [4.69, 9.17) is 4.52 Å². The van der Waals surface area contributed by atoms with Crippen molar-refractivity contribution in [3.8, 4) is 0 Å². The maximum atomic E-state index is 13.8. The molecule has 1 N–H and O–H groups in total. The molecule has 8 heteroatoms. The summed E-state index contributed by atoms with van der Waals surface area (Å²) in [5, 5.41) is 7.66. The zero-order chi connectivity index (χ0) is 19.7. The van der Waals surface area contributed by atoms with Gasteiger partial charge in [-0.2, -0.15) is 4.98 Å². The van der Waals surface area contributed by atoms with Gasteiger partial charge in [0.15, 0.2) is 0 Å². The Labute approximate surface area is 161 Å². The van der Waals surface area contributed by atoms with Crippen molar-refractivity contribution in [2.24, 2.45) is 5.92 Å². The van der Waals surface area contributed by atoms with Crippen molar-refractivity contribution in [1.29, 1.82) is 0 Å². The molecule has 1 unspecified atom stereocenters. The molecule has 146 valence electrons. The van der Waals surface area contributed by atoms with Crippen molar-refractivity contribution < 1.29 is 13.7 Å². The van der Waals surface area contributed by atoms with Crippen LogP contribution in [-0.2, 0) is 11.3 Å². The summed E-state index contributed by atoms with van der Waals surface area (Å²) in [6.45, 7) is 5.19. The fourth-order valence-corrected chi connectivity index (χ4v) is 3.65. The molecule has 7 nitrogen and oxygen atoms in total. The van der Waals surface area contributed by atoms with Crippen molar-refractivity contribution >= 4 is 22.8 Å². The van der Waals surface area contributed by atoms with Crippen LogP contribution in [0.25, 0.3) is 11.1 Å². The number of anilines is 1. The van der Waals surface area contributed by atoms with Crippen molar-refractivity contribution in [3.63, 3.8) is 0 Å². The van der Waals surface area contributed by atoms with Crippen LogP contribution in [-0.4, -0.2) is 34.1 Å². The van der Waals surface area contributed by atoms with Crippen LogP contribution >= 0.6 is 0 Å². The largest absolute Gasteiger partial charge is 0.355 e. The van der Waals surface area contributed by atoms with Crippen LogP contribution in [0.15, 0.2) is 28.8 Å². The Hall–Kier alpha value is -3.03. The predicted octanol–water partition coefficient (Wildman–Crippen LogP) is 2.91. The van der Waals surface area contributed by atoms with Crippen LogP contribution in [0.1, 0.15) is 29.9 Å². The minimum atomic E-state index is -0.310. The highest BCUT2D eigenvalue weighted by molar-refractivity contribution is 5.88. The number of aryl methyl sites for hydroxylation is 2. The molecule has 3 heterocycles. The number of piperidine rings is 1. The van der Waals surface area contributed by atoms with Crippen molar-refractivity contribution in [2.75, 3.05) is 18.0 Å². The van der Waals surface area contributed by atoms with Crippen LogP contribution in [0.5, 0.6) is 0 Å². The molecule has 1 atom stereocenters. The summed E-state index contributed by atoms with van der Waals surface area (Å²) in [7, 11) is 0. The molecular weight excluding hydrogens is 361 g/mol. The van der Waals surface area contributed by atoms with Gasteiger partial charge in [0.1, 0.15) is 22.8 Å². The number of hydrogen-bond donors (Lipinski definition) is 1. The summed E-state index contributed by atoms with van der Waals surface area (Å²) >= 11 is 0. The molecule has 1 aromatic carbocycles. The number of nitrogens with zero attached hydrogens (tertiary/aromatic N) is 4. The van der Waals surface area contributed by atoms with E-state index in [9.17, 15) is 9.18 Å². The second-order valence-electron chi connectivity index (χ2n) is 7.14. The highest BCUT2D eigenvalue weighted by Gasteiger charge is 2.29. The van der Waals surface area contributed by atoms with E-state index < -0.39 is 0 Å². The first-order valence-electron chi connectivity index (χ1n) is 9.39. The summed E-state index contributed by atoms with van der Waals surface area (Å²) in [5.74, 6) is 0.788. The van der Waals surface area contributed by atoms with Crippen LogP contribution in [0.2, 0.25) is 0 Å². The third kappa shape index (κ3) is 3.54. The molecule has 1 saturated heterocycles. The van der Waals surface area contributed by atoms with Gasteiger partial charge in [-0.05, 0) is 32.8 Å².